The Bertz CT molecular complexity index is 1560. The van der Waals surface area contributed by atoms with Gasteiger partial charge in [0.25, 0.3) is 5.91 Å². The lowest BCUT2D eigenvalue weighted by Gasteiger charge is -2.11. The Balaban J connectivity index is 1.63. The average molecular weight is 558 g/mol. The highest BCUT2D eigenvalue weighted by molar-refractivity contribution is 6.07. The second-order valence-electron chi connectivity index (χ2n) is 8.43. The van der Waals surface area contributed by atoms with Gasteiger partial charge in [-0.2, -0.15) is 5.10 Å². The van der Waals surface area contributed by atoms with Gasteiger partial charge in [0.05, 0.1) is 32.1 Å². The minimum Gasteiger partial charge on any atom is -0.483 e. The summed E-state index contributed by atoms with van der Waals surface area (Å²) < 4.78 is 22.0. The van der Waals surface area contributed by atoms with Gasteiger partial charge in [0.15, 0.2) is 12.3 Å². The van der Waals surface area contributed by atoms with Crippen LogP contribution in [0.4, 0.5) is 5.69 Å². The van der Waals surface area contributed by atoms with Crippen molar-refractivity contribution in [2.24, 2.45) is 0 Å². The maximum absolute atomic E-state index is 13.0. The van der Waals surface area contributed by atoms with Crippen LogP contribution in [0.25, 0.3) is 16.9 Å². The zero-order valence-corrected chi connectivity index (χ0v) is 22.6. The molecule has 1 aromatic heterocycles. The molecule has 0 unspecified atom stereocenters. The number of para-hydroxylation sites is 2. The second kappa shape index (κ2) is 13.1. The normalized spacial score (nSPS) is 10.4. The third-order valence-electron chi connectivity index (χ3n) is 5.84. The molecule has 11 nitrogen and oxygen atoms in total. The third kappa shape index (κ3) is 6.41. The quantitative estimate of drug-likeness (QED) is 0.224. The molecule has 41 heavy (non-hydrogen) atoms. The van der Waals surface area contributed by atoms with Crippen molar-refractivity contribution in [2.75, 3.05) is 32.8 Å². The number of rotatable bonds is 10. The van der Waals surface area contributed by atoms with Crippen LogP contribution in [0.3, 0.4) is 0 Å². The fourth-order valence-electron chi connectivity index (χ4n) is 3.98. The smallest absolute Gasteiger partial charge is 0.357 e. The van der Waals surface area contributed by atoms with Gasteiger partial charge in [-0.15, -0.1) is 0 Å². The lowest BCUT2D eigenvalue weighted by atomic mass is 10.0. The first-order valence-electron chi connectivity index (χ1n) is 12.5. The Morgan fingerprint density at radius 3 is 2.12 bits per heavy atom. The Morgan fingerprint density at radius 1 is 0.805 bits per heavy atom. The summed E-state index contributed by atoms with van der Waals surface area (Å²) in [6, 6.07) is 21.6. The number of hydrogen-bond donors (Lipinski definition) is 1. The van der Waals surface area contributed by atoms with E-state index in [1.54, 1.807) is 85.8 Å². The van der Waals surface area contributed by atoms with Gasteiger partial charge in [0, 0.05) is 11.3 Å². The van der Waals surface area contributed by atoms with Crippen molar-refractivity contribution in [3.05, 3.63) is 95.7 Å². The topological polar surface area (TPSA) is 135 Å². The minimum atomic E-state index is -0.804. The molecule has 210 valence electrons. The largest absolute Gasteiger partial charge is 0.483 e. The van der Waals surface area contributed by atoms with Crippen LogP contribution < -0.4 is 10.1 Å². The highest BCUT2D eigenvalue weighted by Crippen LogP contribution is 2.35. The van der Waals surface area contributed by atoms with E-state index in [1.807, 2.05) is 0 Å². The Morgan fingerprint density at radius 2 is 1.46 bits per heavy atom. The molecule has 1 amide bonds. The Kier molecular flexibility index (Phi) is 9.10. The highest BCUT2D eigenvalue weighted by atomic mass is 16.5. The molecular formula is C30H27N3O8. The van der Waals surface area contributed by atoms with Crippen molar-refractivity contribution >= 4 is 29.5 Å². The number of hydrogen-bond acceptors (Lipinski definition) is 9. The molecule has 0 radical (unpaired) electrons. The molecule has 0 aliphatic heterocycles. The van der Waals surface area contributed by atoms with Crippen LogP contribution in [0.2, 0.25) is 0 Å². The number of amides is 1. The summed E-state index contributed by atoms with van der Waals surface area (Å²) in [6.07, 6.45) is 0. The summed E-state index contributed by atoms with van der Waals surface area (Å²) in [6.45, 7) is 1.59. The van der Waals surface area contributed by atoms with Crippen molar-refractivity contribution in [1.82, 2.24) is 9.78 Å². The summed E-state index contributed by atoms with van der Waals surface area (Å²) in [5, 5.41) is 7.27. The van der Waals surface area contributed by atoms with E-state index in [4.69, 9.17) is 18.9 Å². The van der Waals surface area contributed by atoms with Crippen molar-refractivity contribution in [3.8, 4) is 22.7 Å². The predicted octanol–water partition coefficient (Wildman–Crippen LogP) is 4.31. The van der Waals surface area contributed by atoms with E-state index >= 15 is 0 Å². The van der Waals surface area contributed by atoms with Crippen molar-refractivity contribution in [1.29, 1.82) is 0 Å². The fraction of sp³-hybridized carbons (Fsp3) is 0.167. The van der Waals surface area contributed by atoms with Crippen molar-refractivity contribution in [2.45, 2.75) is 6.92 Å². The van der Waals surface area contributed by atoms with E-state index in [0.29, 0.717) is 22.5 Å². The highest BCUT2D eigenvalue weighted by Gasteiger charge is 2.32. The van der Waals surface area contributed by atoms with Crippen molar-refractivity contribution in [3.63, 3.8) is 0 Å². The summed E-state index contributed by atoms with van der Waals surface area (Å²) in [4.78, 5) is 50.3. The number of benzene rings is 3. The minimum absolute atomic E-state index is 0.103. The van der Waals surface area contributed by atoms with E-state index in [-0.39, 0.29) is 35.9 Å². The molecule has 4 aromatic rings. The van der Waals surface area contributed by atoms with Crippen LogP contribution in [0.15, 0.2) is 78.9 Å². The first-order valence-corrected chi connectivity index (χ1v) is 12.5. The maximum Gasteiger partial charge on any atom is 0.357 e. The zero-order valence-electron chi connectivity index (χ0n) is 22.6. The Hall–Kier alpha value is -5.45. The first kappa shape index (κ1) is 28.6. The number of methoxy groups -OCH3 is 2. The van der Waals surface area contributed by atoms with Crippen molar-refractivity contribution < 1.29 is 38.1 Å². The van der Waals surface area contributed by atoms with E-state index in [9.17, 15) is 19.2 Å². The molecule has 0 aliphatic carbocycles. The molecule has 0 atom stereocenters. The van der Waals surface area contributed by atoms with Gasteiger partial charge in [-0.3, -0.25) is 4.79 Å². The molecule has 1 N–H and O–H groups in total. The van der Waals surface area contributed by atoms with Gasteiger partial charge in [-0.25, -0.2) is 19.1 Å². The number of anilines is 1. The Labute approximate surface area is 235 Å². The fourth-order valence-corrected chi connectivity index (χ4v) is 3.98. The number of carbonyl (C=O) groups excluding carboxylic acids is 4. The monoisotopic (exact) mass is 557 g/mol. The molecule has 4 rings (SSSR count). The van der Waals surface area contributed by atoms with Crippen LogP contribution in [-0.4, -0.2) is 61.0 Å². The lowest BCUT2D eigenvalue weighted by molar-refractivity contribution is -0.118. The number of esters is 3. The summed E-state index contributed by atoms with van der Waals surface area (Å²) in [7, 11) is 2.39. The van der Waals surface area contributed by atoms with E-state index in [0.717, 1.165) is 0 Å². The number of carbonyl (C=O) groups is 4. The SMILES string of the molecule is CCOC(=O)c1ccc(NC(=O)COc2ccccc2-c2nn(-c3ccccc3)c(C(=O)OC)c2C(=O)OC)cc1. The number of ether oxygens (including phenoxy) is 4. The van der Waals surface area contributed by atoms with Gasteiger partial charge in [-0.1, -0.05) is 30.3 Å². The molecule has 1 heterocycles. The molecule has 3 aromatic carbocycles. The molecule has 0 spiro atoms. The number of aromatic nitrogens is 2. The third-order valence-corrected chi connectivity index (χ3v) is 5.84. The predicted molar refractivity (Wildman–Crippen MR) is 148 cm³/mol. The number of nitrogens with one attached hydrogen (secondary N) is 1. The standard InChI is InChI=1S/C30H27N3O8/c1-4-40-28(35)19-14-16-20(17-15-19)31-24(34)18-41-23-13-9-8-12-22(23)26-25(29(36)38-2)27(30(37)39-3)33(32-26)21-10-6-5-7-11-21/h5-17H,4,18H2,1-3H3,(H,31,34). The van der Waals surface area contributed by atoms with E-state index < -0.39 is 23.8 Å². The van der Waals surface area contributed by atoms with E-state index in [2.05, 4.69) is 10.4 Å². The maximum atomic E-state index is 13.0. The molecule has 11 heteroatoms. The van der Waals surface area contributed by atoms with Crippen LogP contribution in [0, 0.1) is 0 Å². The average Bonchev–Trinajstić information content (AvgIpc) is 3.41. The zero-order chi connectivity index (χ0) is 29.4. The molecule has 0 fully saturated rings. The van der Waals surface area contributed by atoms with Gasteiger partial charge in [-0.05, 0) is 55.5 Å². The van der Waals surface area contributed by atoms with Crippen LogP contribution in [-0.2, 0) is 19.0 Å². The van der Waals surface area contributed by atoms with E-state index in [1.165, 1.54) is 18.9 Å². The van der Waals surface area contributed by atoms with Gasteiger partial charge in [0.2, 0.25) is 0 Å². The molecule has 0 saturated heterocycles. The van der Waals surface area contributed by atoms with Crippen LogP contribution >= 0.6 is 0 Å². The second-order valence-corrected chi connectivity index (χ2v) is 8.43. The summed E-state index contributed by atoms with van der Waals surface area (Å²) in [5.74, 6) is -2.29. The van der Waals surface area contributed by atoms with Gasteiger partial charge >= 0.3 is 17.9 Å². The summed E-state index contributed by atoms with van der Waals surface area (Å²) in [5.41, 5.74) is 1.53. The lowest BCUT2D eigenvalue weighted by Crippen LogP contribution is -2.20. The van der Waals surface area contributed by atoms with Crippen LogP contribution in [0.1, 0.15) is 38.1 Å². The molecule has 0 bridgehead atoms. The van der Waals surface area contributed by atoms with Gasteiger partial charge < -0.3 is 24.3 Å². The summed E-state index contributed by atoms with van der Waals surface area (Å²) >= 11 is 0. The van der Waals surface area contributed by atoms with Gasteiger partial charge in [0.1, 0.15) is 17.0 Å². The van der Waals surface area contributed by atoms with Crippen LogP contribution in [0.5, 0.6) is 5.75 Å². The first-order chi connectivity index (χ1) is 19.9. The molecule has 0 aliphatic rings. The number of nitrogens with zero attached hydrogens (tertiary/aromatic N) is 2. The molecular weight excluding hydrogens is 530 g/mol. The molecule has 0 saturated carbocycles.